The van der Waals surface area contributed by atoms with Gasteiger partial charge in [-0.25, -0.2) is 9.18 Å². The highest BCUT2D eigenvalue weighted by Gasteiger charge is 2.47. The van der Waals surface area contributed by atoms with Crippen molar-refractivity contribution < 1.29 is 19.0 Å². The second-order valence-corrected chi connectivity index (χ2v) is 3.47. The van der Waals surface area contributed by atoms with Gasteiger partial charge >= 0.3 is 5.97 Å². The molecule has 0 spiro atoms. The first-order valence-electron chi connectivity index (χ1n) is 4.56. The van der Waals surface area contributed by atoms with Crippen LogP contribution in [0, 0.1) is 0 Å². The molecule has 0 aromatic rings. The Hall–Kier alpha value is -0.640. The molecule has 3 nitrogen and oxygen atoms in total. The highest BCUT2D eigenvalue weighted by atomic mass is 19.1. The van der Waals surface area contributed by atoms with Crippen molar-refractivity contribution in [1.82, 2.24) is 0 Å². The van der Waals surface area contributed by atoms with E-state index in [1.807, 2.05) is 0 Å². The summed E-state index contributed by atoms with van der Waals surface area (Å²) >= 11 is 0. The number of hydrogen-bond donors (Lipinski definition) is 1. The van der Waals surface area contributed by atoms with Crippen molar-refractivity contribution in [2.75, 3.05) is 7.11 Å². The number of carbonyl (C=O) groups is 1. The van der Waals surface area contributed by atoms with Crippen LogP contribution >= 0.6 is 0 Å². The molecule has 2 unspecified atom stereocenters. The van der Waals surface area contributed by atoms with Crippen LogP contribution in [0.25, 0.3) is 0 Å². The van der Waals surface area contributed by atoms with Crippen molar-refractivity contribution in [3.8, 4) is 0 Å². The molecule has 4 heteroatoms. The molecule has 0 aliphatic heterocycles. The molecule has 1 aliphatic carbocycles. The van der Waals surface area contributed by atoms with Crippen LogP contribution in [-0.2, 0) is 9.53 Å². The molecule has 0 bridgehead atoms. The minimum Gasteiger partial charge on any atom is -0.467 e. The largest absolute Gasteiger partial charge is 0.467 e. The Morgan fingerprint density at radius 2 is 2.23 bits per heavy atom. The van der Waals surface area contributed by atoms with Gasteiger partial charge in [0.1, 0.15) is 0 Å². The molecule has 0 radical (unpaired) electrons. The third kappa shape index (κ3) is 1.99. The number of aliphatic hydroxyl groups is 1. The van der Waals surface area contributed by atoms with E-state index < -0.39 is 17.7 Å². The minimum atomic E-state index is -2.18. The number of hydrogen-bond acceptors (Lipinski definition) is 3. The zero-order valence-electron chi connectivity index (χ0n) is 7.75. The van der Waals surface area contributed by atoms with Gasteiger partial charge in [0.05, 0.1) is 13.2 Å². The van der Waals surface area contributed by atoms with Crippen LogP contribution in [0.5, 0.6) is 0 Å². The van der Waals surface area contributed by atoms with E-state index in [0.717, 1.165) is 20.0 Å². The zero-order chi connectivity index (χ0) is 9.90. The van der Waals surface area contributed by atoms with E-state index in [2.05, 4.69) is 4.74 Å². The molecule has 0 aromatic heterocycles. The SMILES string of the molecule is COC(=O)C1(F)CCCCCC1O. The third-order valence-corrected chi connectivity index (χ3v) is 2.57. The van der Waals surface area contributed by atoms with Crippen LogP contribution in [0.4, 0.5) is 4.39 Å². The van der Waals surface area contributed by atoms with Gasteiger partial charge in [0.2, 0.25) is 5.67 Å². The molecular weight excluding hydrogens is 175 g/mol. The Kier molecular flexibility index (Phi) is 3.25. The van der Waals surface area contributed by atoms with Crippen LogP contribution in [0.1, 0.15) is 32.1 Å². The molecule has 1 saturated carbocycles. The Balaban J connectivity index is 2.76. The lowest BCUT2D eigenvalue weighted by atomic mass is 9.94. The number of halogens is 1. The fourth-order valence-electron chi connectivity index (χ4n) is 1.70. The van der Waals surface area contributed by atoms with E-state index in [1.54, 1.807) is 0 Å². The Morgan fingerprint density at radius 3 is 2.85 bits per heavy atom. The molecule has 1 N–H and O–H groups in total. The summed E-state index contributed by atoms with van der Waals surface area (Å²) < 4.78 is 18.2. The van der Waals surface area contributed by atoms with Gasteiger partial charge < -0.3 is 9.84 Å². The first-order valence-corrected chi connectivity index (χ1v) is 4.56. The topological polar surface area (TPSA) is 46.5 Å². The Morgan fingerprint density at radius 1 is 1.54 bits per heavy atom. The predicted octanol–water partition coefficient (Wildman–Crippen LogP) is 1.19. The summed E-state index contributed by atoms with van der Waals surface area (Å²) in [5.74, 6) is -0.943. The van der Waals surface area contributed by atoms with Gasteiger partial charge in [-0.15, -0.1) is 0 Å². The molecule has 1 fully saturated rings. The normalized spacial score (nSPS) is 35.2. The number of methoxy groups -OCH3 is 1. The fraction of sp³-hybridized carbons (Fsp3) is 0.889. The summed E-state index contributed by atoms with van der Waals surface area (Å²) in [7, 11) is 1.14. The number of aliphatic hydroxyl groups excluding tert-OH is 1. The van der Waals surface area contributed by atoms with Gasteiger partial charge in [-0.3, -0.25) is 0 Å². The second-order valence-electron chi connectivity index (χ2n) is 3.47. The van der Waals surface area contributed by atoms with Gasteiger partial charge in [-0.2, -0.15) is 0 Å². The van der Waals surface area contributed by atoms with Gasteiger partial charge in [0.15, 0.2) is 0 Å². The Bertz CT molecular complexity index is 195. The van der Waals surface area contributed by atoms with Crippen molar-refractivity contribution >= 4 is 5.97 Å². The summed E-state index contributed by atoms with van der Waals surface area (Å²) in [4.78, 5) is 11.1. The van der Waals surface area contributed by atoms with Gasteiger partial charge in [0.25, 0.3) is 0 Å². The first kappa shape index (κ1) is 10.4. The summed E-state index contributed by atoms with van der Waals surface area (Å²) in [6, 6.07) is 0. The maximum Gasteiger partial charge on any atom is 0.346 e. The van der Waals surface area contributed by atoms with Gasteiger partial charge in [-0.1, -0.05) is 12.8 Å². The summed E-state index contributed by atoms with van der Waals surface area (Å²) in [5.41, 5.74) is -2.18. The van der Waals surface area contributed by atoms with Crippen molar-refractivity contribution in [3.63, 3.8) is 0 Å². The number of rotatable bonds is 1. The predicted molar refractivity (Wildman–Crippen MR) is 44.9 cm³/mol. The van der Waals surface area contributed by atoms with E-state index >= 15 is 0 Å². The molecule has 13 heavy (non-hydrogen) atoms. The van der Waals surface area contributed by atoms with E-state index in [0.29, 0.717) is 12.8 Å². The quantitative estimate of drug-likeness (QED) is 0.499. The van der Waals surface area contributed by atoms with E-state index in [1.165, 1.54) is 0 Å². The van der Waals surface area contributed by atoms with Crippen molar-refractivity contribution in [2.24, 2.45) is 0 Å². The number of esters is 1. The smallest absolute Gasteiger partial charge is 0.346 e. The minimum absolute atomic E-state index is 0.0703. The lowest BCUT2D eigenvalue weighted by Crippen LogP contribution is -2.45. The second kappa shape index (κ2) is 4.05. The molecule has 0 aromatic carbocycles. The maximum absolute atomic E-state index is 13.9. The highest BCUT2D eigenvalue weighted by molar-refractivity contribution is 5.80. The lowest BCUT2D eigenvalue weighted by Gasteiger charge is -2.25. The summed E-state index contributed by atoms with van der Waals surface area (Å²) in [6.45, 7) is 0. The summed E-state index contributed by atoms with van der Waals surface area (Å²) in [6.07, 6.45) is 1.46. The van der Waals surface area contributed by atoms with E-state index in [-0.39, 0.29) is 6.42 Å². The highest BCUT2D eigenvalue weighted by Crippen LogP contribution is 2.31. The standard InChI is InChI=1S/C9H15FO3/c1-13-8(12)9(10)6-4-2-3-5-7(9)11/h7,11H,2-6H2,1H3. The number of ether oxygens (including phenoxy) is 1. The monoisotopic (exact) mass is 190 g/mol. The molecule has 1 rings (SSSR count). The van der Waals surface area contributed by atoms with Gasteiger partial charge in [0, 0.05) is 0 Å². The van der Waals surface area contributed by atoms with Crippen LogP contribution in [0.15, 0.2) is 0 Å². The van der Waals surface area contributed by atoms with Crippen molar-refractivity contribution in [1.29, 1.82) is 0 Å². The van der Waals surface area contributed by atoms with E-state index in [9.17, 15) is 14.3 Å². The molecule has 0 amide bonds. The zero-order valence-corrected chi connectivity index (χ0v) is 7.75. The Labute approximate surface area is 76.9 Å². The fourth-order valence-corrected chi connectivity index (χ4v) is 1.70. The van der Waals surface area contributed by atoms with Crippen molar-refractivity contribution in [3.05, 3.63) is 0 Å². The van der Waals surface area contributed by atoms with Crippen molar-refractivity contribution in [2.45, 2.75) is 43.9 Å². The van der Waals surface area contributed by atoms with Crippen LogP contribution in [0.3, 0.4) is 0 Å². The molecule has 1 aliphatic rings. The number of alkyl halides is 1. The van der Waals surface area contributed by atoms with Gasteiger partial charge in [-0.05, 0) is 19.3 Å². The first-order chi connectivity index (χ1) is 6.11. The van der Waals surface area contributed by atoms with Crippen LogP contribution < -0.4 is 0 Å². The van der Waals surface area contributed by atoms with Crippen LogP contribution in [-0.4, -0.2) is 30.0 Å². The summed E-state index contributed by atoms with van der Waals surface area (Å²) in [5, 5.41) is 9.43. The third-order valence-electron chi connectivity index (χ3n) is 2.57. The average molecular weight is 190 g/mol. The average Bonchev–Trinajstić information content (AvgIpc) is 2.29. The molecular formula is C9H15FO3. The van der Waals surface area contributed by atoms with E-state index in [4.69, 9.17) is 0 Å². The molecule has 0 heterocycles. The van der Waals surface area contributed by atoms with Crippen LogP contribution in [0.2, 0.25) is 0 Å². The molecule has 76 valence electrons. The molecule has 2 atom stereocenters. The molecule has 0 saturated heterocycles. The maximum atomic E-state index is 13.9. The number of carbonyl (C=O) groups excluding carboxylic acids is 1. The lowest BCUT2D eigenvalue weighted by molar-refractivity contribution is -0.164.